The zero-order valence-corrected chi connectivity index (χ0v) is 15.0. The smallest absolute Gasteiger partial charge is 0.267 e. The van der Waals surface area contributed by atoms with E-state index in [1.807, 2.05) is 62.4 Å². The highest BCUT2D eigenvalue weighted by atomic mass is 79.9. The lowest BCUT2D eigenvalue weighted by Gasteiger charge is -2.07. The zero-order chi connectivity index (χ0) is 17.1. The molecule has 1 aromatic heterocycles. The molecule has 0 unspecified atom stereocenters. The Bertz CT molecular complexity index is 933. The Morgan fingerprint density at radius 1 is 1.12 bits per heavy atom. The molecular formula is C19H16BrN3O. The van der Waals surface area contributed by atoms with Crippen molar-refractivity contribution in [1.29, 1.82) is 0 Å². The van der Waals surface area contributed by atoms with Crippen LogP contribution in [-0.4, -0.2) is 16.6 Å². The highest BCUT2D eigenvalue weighted by molar-refractivity contribution is 9.10. The van der Waals surface area contributed by atoms with Crippen LogP contribution >= 0.6 is 15.9 Å². The number of fused-ring (bicyclic) bond motifs is 1. The Kier molecular flexibility index (Phi) is 4.71. The standard InChI is InChI=1S/C19H16BrN3O/c1-12-11-17(16-5-3-4-6-18(16)21-12)19(24)23-22-13(2)14-7-9-15(20)10-8-14/h3-11H,1-2H3,(H,23,24). The third-order valence-corrected chi connectivity index (χ3v) is 4.20. The van der Waals surface area contributed by atoms with Gasteiger partial charge in [-0.05, 0) is 43.7 Å². The van der Waals surface area contributed by atoms with E-state index in [-0.39, 0.29) is 5.91 Å². The number of halogens is 1. The number of nitrogens with zero attached hydrogens (tertiary/aromatic N) is 2. The molecule has 1 N–H and O–H groups in total. The fourth-order valence-electron chi connectivity index (χ4n) is 2.45. The van der Waals surface area contributed by atoms with Gasteiger partial charge in [-0.2, -0.15) is 5.10 Å². The van der Waals surface area contributed by atoms with E-state index in [1.165, 1.54) is 0 Å². The molecule has 0 saturated heterocycles. The number of benzene rings is 2. The average molecular weight is 382 g/mol. The van der Waals surface area contributed by atoms with Crippen molar-refractivity contribution >= 4 is 38.5 Å². The maximum atomic E-state index is 12.5. The van der Waals surface area contributed by atoms with E-state index in [0.29, 0.717) is 5.56 Å². The van der Waals surface area contributed by atoms with Crippen molar-refractivity contribution in [3.05, 3.63) is 75.9 Å². The molecule has 24 heavy (non-hydrogen) atoms. The van der Waals surface area contributed by atoms with Gasteiger partial charge in [-0.15, -0.1) is 0 Å². The molecule has 3 aromatic rings. The molecule has 0 radical (unpaired) electrons. The summed E-state index contributed by atoms with van der Waals surface area (Å²) in [6.45, 7) is 3.74. The number of pyridine rings is 1. The van der Waals surface area contributed by atoms with Gasteiger partial charge in [0.15, 0.2) is 0 Å². The fraction of sp³-hybridized carbons (Fsp3) is 0.105. The normalized spacial score (nSPS) is 11.5. The molecular weight excluding hydrogens is 366 g/mol. The van der Waals surface area contributed by atoms with Crippen LogP contribution in [0.3, 0.4) is 0 Å². The van der Waals surface area contributed by atoms with E-state index in [0.717, 1.165) is 32.3 Å². The van der Waals surface area contributed by atoms with E-state index in [1.54, 1.807) is 6.07 Å². The SMILES string of the molecule is CC(=NNC(=O)c1cc(C)nc2ccccc12)c1ccc(Br)cc1. The second kappa shape index (κ2) is 6.93. The topological polar surface area (TPSA) is 54.4 Å². The second-order valence-corrected chi connectivity index (χ2v) is 6.39. The lowest BCUT2D eigenvalue weighted by Crippen LogP contribution is -2.20. The minimum absolute atomic E-state index is 0.242. The van der Waals surface area contributed by atoms with Crippen molar-refractivity contribution in [3.63, 3.8) is 0 Å². The molecule has 1 amide bonds. The van der Waals surface area contributed by atoms with Gasteiger partial charge in [-0.25, -0.2) is 5.43 Å². The van der Waals surface area contributed by atoms with Crippen LogP contribution in [0, 0.1) is 6.92 Å². The highest BCUT2D eigenvalue weighted by Gasteiger charge is 2.11. The van der Waals surface area contributed by atoms with Gasteiger partial charge in [-0.3, -0.25) is 9.78 Å². The molecule has 0 fully saturated rings. The maximum absolute atomic E-state index is 12.5. The summed E-state index contributed by atoms with van der Waals surface area (Å²) in [6.07, 6.45) is 0. The summed E-state index contributed by atoms with van der Waals surface area (Å²) in [5.41, 5.74) is 6.51. The van der Waals surface area contributed by atoms with Crippen molar-refractivity contribution in [2.75, 3.05) is 0 Å². The summed E-state index contributed by atoms with van der Waals surface area (Å²) in [5, 5.41) is 5.04. The van der Waals surface area contributed by atoms with Crippen LogP contribution in [0.15, 0.2) is 64.2 Å². The van der Waals surface area contributed by atoms with Crippen molar-refractivity contribution < 1.29 is 4.79 Å². The van der Waals surface area contributed by atoms with E-state index >= 15 is 0 Å². The number of hydrazone groups is 1. The highest BCUT2D eigenvalue weighted by Crippen LogP contribution is 2.18. The number of para-hydroxylation sites is 1. The Morgan fingerprint density at radius 3 is 2.58 bits per heavy atom. The number of hydrogen-bond donors (Lipinski definition) is 1. The minimum atomic E-state index is -0.242. The third kappa shape index (κ3) is 3.51. The van der Waals surface area contributed by atoms with Crippen LogP contribution < -0.4 is 5.43 Å². The number of carbonyl (C=O) groups excluding carboxylic acids is 1. The van der Waals surface area contributed by atoms with E-state index in [9.17, 15) is 4.79 Å². The van der Waals surface area contributed by atoms with Gasteiger partial charge < -0.3 is 0 Å². The zero-order valence-electron chi connectivity index (χ0n) is 13.4. The molecule has 120 valence electrons. The van der Waals surface area contributed by atoms with Crippen molar-refractivity contribution in [3.8, 4) is 0 Å². The number of aryl methyl sites for hydroxylation is 1. The third-order valence-electron chi connectivity index (χ3n) is 3.68. The molecule has 5 heteroatoms. The summed E-state index contributed by atoms with van der Waals surface area (Å²) in [7, 11) is 0. The Labute approximate surface area is 148 Å². The van der Waals surface area contributed by atoms with Crippen LogP contribution in [0.2, 0.25) is 0 Å². The van der Waals surface area contributed by atoms with E-state index < -0.39 is 0 Å². The summed E-state index contributed by atoms with van der Waals surface area (Å²) in [5.74, 6) is -0.242. The van der Waals surface area contributed by atoms with Crippen LogP contribution in [-0.2, 0) is 0 Å². The van der Waals surface area contributed by atoms with Crippen molar-refractivity contribution in [2.45, 2.75) is 13.8 Å². The molecule has 3 rings (SSSR count). The molecule has 0 saturated carbocycles. The van der Waals surface area contributed by atoms with Gasteiger partial charge in [0, 0.05) is 15.6 Å². The van der Waals surface area contributed by atoms with Gasteiger partial charge in [0.1, 0.15) is 0 Å². The van der Waals surface area contributed by atoms with Gasteiger partial charge in [0.2, 0.25) is 0 Å². The molecule has 0 aliphatic carbocycles. The van der Waals surface area contributed by atoms with Crippen molar-refractivity contribution in [2.24, 2.45) is 5.10 Å². The van der Waals surface area contributed by atoms with Crippen LogP contribution in [0.5, 0.6) is 0 Å². The lowest BCUT2D eigenvalue weighted by atomic mass is 10.1. The average Bonchev–Trinajstić information content (AvgIpc) is 2.59. The Balaban J connectivity index is 1.87. The van der Waals surface area contributed by atoms with Gasteiger partial charge >= 0.3 is 0 Å². The molecule has 0 spiro atoms. The lowest BCUT2D eigenvalue weighted by molar-refractivity contribution is 0.0956. The molecule has 1 heterocycles. The first-order chi connectivity index (χ1) is 11.5. The monoisotopic (exact) mass is 381 g/mol. The molecule has 0 bridgehead atoms. The maximum Gasteiger partial charge on any atom is 0.272 e. The van der Waals surface area contributed by atoms with Crippen LogP contribution in [0.25, 0.3) is 10.9 Å². The molecule has 4 nitrogen and oxygen atoms in total. The Hall–Kier alpha value is -2.53. The molecule has 0 atom stereocenters. The number of rotatable bonds is 3. The molecule has 2 aromatic carbocycles. The van der Waals surface area contributed by atoms with Gasteiger partial charge in [0.05, 0.1) is 16.8 Å². The number of hydrogen-bond acceptors (Lipinski definition) is 3. The summed E-state index contributed by atoms with van der Waals surface area (Å²) < 4.78 is 1.00. The van der Waals surface area contributed by atoms with E-state index in [2.05, 4.69) is 31.4 Å². The summed E-state index contributed by atoms with van der Waals surface area (Å²) in [4.78, 5) is 17.0. The second-order valence-electron chi connectivity index (χ2n) is 5.47. The minimum Gasteiger partial charge on any atom is -0.267 e. The van der Waals surface area contributed by atoms with Gasteiger partial charge in [-0.1, -0.05) is 46.3 Å². The first-order valence-corrected chi connectivity index (χ1v) is 8.31. The Morgan fingerprint density at radius 2 is 1.83 bits per heavy atom. The summed E-state index contributed by atoms with van der Waals surface area (Å²) >= 11 is 3.40. The molecule has 0 aliphatic heterocycles. The number of amides is 1. The molecule has 0 aliphatic rings. The van der Waals surface area contributed by atoms with Crippen LogP contribution in [0.1, 0.15) is 28.5 Å². The largest absolute Gasteiger partial charge is 0.272 e. The quantitative estimate of drug-likeness (QED) is 0.537. The number of carbonyl (C=O) groups is 1. The first-order valence-electron chi connectivity index (χ1n) is 7.51. The first kappa shape index (κ1) is 16.3. The number of nitrogens with one attached hydrogen (secondary N) is 1. The number of aromatic nitrogens is 1. The van der Waals surface area contributed by atoms with Crippen LogP contribution in [0.4, 0.5) is 0 Å². The van der Waals surface area contributed by atoms with E-state index in [4.69, 9.17) is 0 Å². The summed E-state index contributed by atoms with van der Waals surface area (Å²) in [6, 6.07) is 17.1. The van der Waals surface area contributed by atoms with Crippen molar-refractivity contribution in [1.82, 2.24) is 10.4 Å². The predicted octanol–water partition coefficient (Wildman–Crippen LogP) is 4.46. The van der Waals surface area contributed by atoms with Gasteiger partial charge in [0.25, 0.3) is 5.91 Å². The predicted molar refractivity (Wildman–Crippen MR) is 100 cm³/mol. The fourth-order valence-corrected chi connectivity index (χ4v) is 2.71.